The molecule has 1 aliphatic carbocycles. The molecule has 124 valence electrons. The number of nitrogens with zero attached hydrogens (tertiary/aromatic N) is 1. The molecule has 0 amide bonds. The zero-order valence-electron chi connectivity index (χ0n) is 14.8. The standard InChI is InChI=1S/C18H31NO2Si/c1-17(2,3)22(4,5)21-14-15-9-12-19-16(13-15)18(20)10-7-6-8-11-18/h9,12-13,20H,6-8,10-11,14H2,1-5H3. The summed E-state index contributed by atoms with van der Waals surface area (Å²) in [6, 6.07) is 4.04. The summed E-state index contributed by atoms with van der Waals surface area (Å²) in [6.45, 7) is 11.9. The summed E-state index contributed by atoms with van der Waals surface area (Å²) in [4.78, 5) is 4.43. The summed E-state index contributed by atoms with van der Waals surface area (Å²) in [5, 5.41) is 11.0. The third-order valence-electron chi connectivity index (χ3n) is 5.39. The van der Waals surface area contributed by atoms with Crippen molar-refractivity contribution >= 4 is 8.32 Å². The van der Waals surface area contributed by atoms with Crippen molar-refractivity contribution in [3.63, 3.8) is 0 Å². The summed E-state index contributed by atoms with van der Waals surface area (Å²) in [7, 11) is -1.75. The smallest absolute Gasteiger partial charge is 0.192 e. The average Bonchev–Trinajstić information content (AvgIpc) is 2.45. The Morgan fingerprint density at radius 1 is 1.23 bits per heavy atom. The van der Waals surface area contributed by atoms with Gasteiger partial charge in [0.2, 0.25) is 0 Å². The van der Waals surface area contributed by atoms with Crippen LogP contribution in [0.1, 0.15) is 64.1 Å². The number of pyridine rings is 1. The van der Waals surface area contributed by atoms with Crippen LogP contribution in [0.15, 0.2) is 18.3 Å². The summed E-state index contributed by atoms with van der Waals surface area (Å²) < 4.78 is 6.28. The fraction of sp³-hybridized carbons (Fsp3) is 0.722. The monoisotopic (exact) mass is 321 g/mol. The van der Waals surface area contributed by atoms with Crippen molar-refractivity contribution in [3.05, 3.63) is 29.6 Å². The van der Waals surface area contributed by atoms with Gasteiger partial charge in [-0.2, -0.15) is 0 Å². The second-order valence-electron chi connectivity index (χ2n) is 8.19. The summed E-state index contributed by atoms with van der Waals surface area (Å²) >= 11 is 0. The van der Waals surface area contributed by atoms with Gasteiger partial charge >= 0.3 is 0 Å². The Bertz CT molecular complexity index is 502. The lowest BCUT2D eigenvalue weighted by molar-refractivity contribution is -0.00476. The Morgan fingerprint density at radius 2 is 1.86 bits per heavy atom. The van der Waals surface area contributed by atoms with Crippen LogP contribution < -0.4 is 0 Å². The molecule has 1 aliphatic rings. The number of hydrogen-bond donors (Lipinski definition) is 1. The van der Waals surface area contributed by atoms with E-state index in [2.05, 4.69) is 38.8 Å². The van der Waals surface area contributed by atoms with Crippen molar-refractivity contribution in [1.82, 2.24) is 4.98 Å². The molecule has 0 atom stereocenters. The van der Waals surface area contributed by atoms with Gasteiger partial charge in [0.15, 0.2) is 8.32 Å². The summed E-state index contributed by atoms with van der Waals surface area (Å²) in [5.41, 5.74) is 1.21. The van der Waals surface area contributed by atoms with Gasteiger partial charge in [-0.25, -0.2) is 0 Å². The average molecular weight is 322 g/mol. The number of hydrogen-bond acceptors (Lipinski definition) is 3. The van der Waals surface area contributed by atoms with Crippen LogP contribution in [0, 0.1) is 0 Å². The van der Waals surface area contributed by atoms with Crippen LogP contribution in [-0.4, -0.2) is 18.4 Å². The molecular formula is C18H31NO2Si. The molecule has 2 rings (SSSR count). The first-order chi connectivity index (χ1) is 10.1. The first-order valence-electron chi connectivity index (χ1n) is 8.46. The quantitative estimate of drug-likeness (QED) is 0.813. The maximum absolute atomic E-state index is 10.8. The normalized spacial score (nSPS) is 19.2. The predicted molar refractivity (Wildman–Crippen MR) is 93.2 cm³/mol. The second-order valence-corrected chi connectivity index (χ2v) is 13.0. The lowest BCUT2D eigenvalue weighted by Gasteiger charge is -2.36. The van der Waals surface area contributed by atoms with E-state index in [-0.39, 0.29) is 5.04 Å². The molecule has 1 aromatic heterocycles. The first kappa shape index (κ1) is 17.6. The molecule has 0 aliphatic heterocycles. The SMILES string of the molecule is CC(C)(C)[Si](C)(C)OCc1ccnc(C2(O)CCCCC2)c1. The molecule has 1 aromatic rings. The molecule has 3 nitrogen and oxygen atoms in total. The highest BCUT2D eigenvalue weighted by Gasteiger charge is 2.37. The van der Waals surface area contributed by atoms with Gasteiger partial charge in [-0.3, -0.25) is 4.98 Å². The van der Waals surface area contributed by atoms with Crippen LogP contribution in [0.25, 0.3) is 0 Å². The molecule has 0 unspecified atom stereocenters. The van der Waals surface area contributed by atoms with E-state index in [9.17, 15) is 5.11 Å². The molecule has 0 spiro atoms. The highest BCUT2D eigenvalue weighted by atomic mass is 28.4. The number of rotatable bonds is 4. The summed E-state index contributed by atoms with van der Waals surface area (Å²) in [6.07, 6.45) is 6.85. The Kier molecular flexibility index (Phi) is 5.15. The van der Waals surface area contributed by atoms with Crippen molar-refractivity contribution in [2.45, 2.75) is 83.2 Å². The van der Waals surface area contributed by atoms with E-state index in [1.54, 1.807) is 0 Å². The fourth-order valence-corrected chi connectivity index (χ4v) is 3.65. The van der Waals surface area contributed by atoms with Gasteiger partial charge in [-0.15, -0.1) is 0 Å². The highest BCUT2D eigenvalue weighted by molar-refractivity contribution is 6.74. The molecule has 0 bridgehead atoms. The van der Waals surface area contributed by atoms with E-state index in [0.717, 1.165) is 36.9 Å². The van der Waals surface area contributed by atoms with Crippen LogP contribution in [0.2, 0.25) is 18.1 Å². The van der Waals surface area contributed by atoms with Crippen LogP contribution in [0.4, 0.5) is 0 Å². The second kappa shape index (κ2) is 6.42. The number of aromatic nitrogens is 1. The van der Waals surface area contributed by atoms with E-state index in [0.29, 0.717) is 6.61 Å². The molecule has 0 radical (unpaired) electrons. The third-order valence-corrected chi connectivity index (χ3v) is 9.87. The van der Waals surface area contributed by atoms with Crippen molar-refractivity contribution in [1.29, 1.82) is 0 Å². The van der Waals surface area contributed by atoms with E-state index in [1.165, 1.54) is 6.42 Å². The molecule has 1 heterocycles. The lowest BCUT2D eigenvalue weighted by atomic mass is 9.82. The van der Waals surface area contributed by atoms with E-state index < -0.39 is 13.9 Å². The van der Waals surface area contributed by atoms with Crippen LogP contribution in [0.3, 0.4) is 0 Å². The molecule has 0 aromatic carbocycles. The van der Waals surface area contributed by atoms with Gasteiger partial charge in [0, 0.05) is 6.20 Å². The Labute approximate surface area is 136 Å². The summed E-state index contributed by atoms with van der Waals surface area (Å²) in [5.74, 6) is 0. The molecule has 0 saturated heterocycles. The molecule has 4 heteroatoms. The Morgan fingerprint density at radius 3 is 2.45 bits per heavy atom. The fourth-order valence-electron chi connectivity index (χ4n) is 2.69. The topological polar surface area (TPSA) is 42.4 Å². The Balaban J connectivity index is 2.09. The molecule has 1 N–H and O–H groups in total. The predicted octanol–water partition coefficient (Wildman–Crippen LogP) is 4.76. The van der Waals surface area contributed by atoms with E-state index in [4.69, 9.17) is 4.43 Å². The molecular weight excluding hydrogens is 290 g/mol. The minimum atomic E-state index is -1.75. The maximum Gasteiger partial charge on any atom is 0.192 e. The van der Waals surface area contributed by atoms with Gasteiger partial charge < -0.3 is 9.53 Å². The molecule has 1 fully saturated rings. The van der Waals surface area contributed by atoms with Gasteiger partial charge in [0.25, 0.3) is 0 Å². The van der Waals surface area contributed by atoms with Gasteiger partial charge in [-0.1, -0.05) is 40.0 Å². The molecule has 1 saturated carbocycles. The van der Waals surface area contributed by atoms with E-state index in [1.807, 2.05) is 18.3 Å². The largest absolute Gasteiger partial charge is 0.413 e. The van der Waals surface area contributed by atoms with Crippen LogP contribution in [-0.2, 0) is 16.6 Å². The zero-order valence-corrected chi connectivity index (χ0v) is 15.8. The number of aliphatic hydroxyl groups is 1. The minimum Gasteiger partial charge on any atom is -0.413 e. The van der Waals surface area contributed by atoms with Gasteiger partial charge in [-0.05, 0) is 48.7 Å². The first-order valence-corrected chi connectivity index (χ1v) is 11.4. The van der Waals surface area contributed by atoms with Crippen molar-refractivity contribution < 1.29 is 9.53 Å². The van der Waals surface area contributed by atoms with E-state index >= 15 is 0 Å². The highest BCUT2D eigenvalue weighted by Crippen LogP contribution is 2.38. The third kappa shape index (κ3) is 3.97. The van der Waals surface area contributed by atoms with Gasteiger partial charge in [0.05, 0.1) is 12.3 Å². The molecule has 22 heavy (non-hydrogen) atoms. The maximum atomic E-state index is 10.8. The lowest BCUT2D eigenvalue weighted by Crippen LogP contribution is -2.40. The Hall–Kier alpha value is -0.713. The van der Waals surface area contributed by atoms with Crippen molar-refractivity contribution in [3.8, 4) is 0 Å². The zero-order chi connectivity index (χ0) is 16.4. The van der Waals surface area contributed by atoms with Crippen LogP contribution in [0.5, 0.6) is 0 Å². The van der Waals surface area contributed by atoms with Crippen molar-refractivity contribution in [2.24, 2.45) is 0 Å². The van der Waals surface area contributed by atoms with Gasteiger partial charge in [0.1, 0.15) is 5.60 Å². The van der Waals surface area contributed by atoms with Crippen LogP contribution >= 0.6 is 0 Å². The minimum absolute atomic E-state index is 0.213. The van der Waals surface area contributed by atoms with Crippen molar-refractivity contribution in [2.75, 3.05) is 0 Å².